The number of hydrogen-bond acceptors (Lipinski definition) is 2. The Labute approximate surface area is 118 Å². The molecule has 104 valence electrons. The molecule has 3 nitrogen and oxygen atoms in total. The smallest absolute Gasteiger partial charge is 0.246 e. The molecule has 2 rings (SSSR count). The standard InChI is InChI=1S/C16H17FN2O/c1-19(2)15(12-7-4-3-5-8-12)16(20)18-14-10-6-9-13(17)11-14/h3-11,15H,1-2H3,(H,18,20). The molecule has 0 heterocycles. The molecule has 0 radical (unpaired) electrons. The number of carbonyl (C=O) groups is 1. The average molecular weight is 272 g/mol. The second-order valence-corrected chi connectivity index (χ2v) is 4.78. The highest BCUT2D eigenvalue weighted by Crippen LogP contribution is 2.20. The topological polar surface area (TPSA) is 32.3 Å². The summed E-state index contributed by atoms with van der Waals surface area (Å²) >= 11 is 0. The van der Waals surface area contributed by atoms with Crippen LogP contribution in [0.3, 0.4) is 0 Å². The van der Waals surface area contributed by atoms with Crippen LogP contribution >= 0.6 is 0 Å². The second-order valence-electron chi connectivity index (χ2n) is 4.78. The van der Waals surface area contributed by atoms with Crippen LogP contribution in [0.2, 0.25) is 0 Å². The molecule has 0 fully saturated rings. The molecule has 1 unspecified atom stereocenters. The van der Waals surface area contributed by atoms with Gasteiger partial charge >= 0.3 is 0 Å². The molecule has 0 aliphatic rings. The molecule has 20 heavy (non-hydrogen) atoms. The number of carbonyl (C=O) groups excluding carboxylic acids is 1. The third-order valence-electron chi connectivity index (χ3n) is 2.97. The van der Waals surface area contributed by atoms with E-state index in [1.807, 2.05) is 49.3 Å². The predicted molar refractivity (Wildman–Crippen MR) is 77.9 cm³/mol. The maximum atomic E-state index is 13.1. The highest BCUT2D eigenvalue weighted by molar-refractivity contribution is 5.95. The molecule has 1 atom stereocenters. The number of halogens is 1. The Morgan fingerprint density at radius 3 is 2.40 bits per heavy atom. The molecule has 0 aliphatic carbocycles. The molecule has 0 aliphatic heterocycles. The van der Waals surface area contributed by atoms with Gasteiger partial charge in [0.05, 0.1) is 0 Å². The number of hydrogen-bond donors (Lipinski definition) is 1. The summed E-state index contributed by atoms with van der Waals surface area (Å²) in [5.41, 5.74) is 1.35. The van der Waals surface area contributed by atoms with Crippen LogP contribution in [0.5, 0.6) is 0 Å². The third-order valence-corrected chi connectivity index (χ3v) is 2.97. The fourth-order valence-electron chi connectivity index (χ4n) is 2.10. The lowest BCUT2D eigenvalue weighted by molar-refractivity contribution is -0.120. The number of amides is 1. The summed E-state index contributed by atoms with van der Waals surface area (Å²) in [6.07, 6.45) is 0. The quantitative estimate of drug-likeness (QED) is 0.927. The van der Waals surface area contributed by atoms with Gasteiger partial charge in [-0.25, -0.2) is 4.39 Å². The van der Waals surface area contributed by atoms with Crippen molar-refractivity contribution < 1.29 is 9.18 Å². The first-order chi connectivity index (χ1) is 9.58. The monoisotopic (exact) mass is 272 g/mol. The van der Waals surface area contributed by atoms with Crippen molar-refractivity contribution in [2.75, 3.05) is 19.4 Å². The molecule has 0 saturated carbocycles. The van der Waals surface area contributed by atoms with Gasteiger partial charge in [-0.15, -0.1) is 0 Å². The third kappa shape index (κ3) is 3.42. The van der Waals surface area contributed by atoms with Gasteiger partial charge in [0.15, 0.2) is 0 Å². The molecule has 0 saturated heterocycles. The van der Waals surface area contributed by atoms with E-state index >= 15 is 0 Å². The minimum Gasteiger partial charge on any atom is -0.324 e. The number of anilines is 1. The van der Waals surface area contributed by atoms with Crippen LogP contribution < -0.4 is 5.32 Å². The van der Waals surface area contributed by atoms with Gasteiger partial charge in [-0.05, 0) is 37.9 Å². The normalized spacial score (nSPS) is 12.2. The summed E-state index contributed by atoms with van der Waals surface area (Å²) in [6.45, 7) is 0. The van der Waals surface area contributed by atoms with Gasteiger partial charge in [0, 0.05) is 5.69 Å². The number of nitrogens with zero attached hydrogens (tertiary/aromatic N) is 1. The van der Waals surface area contributed by atoms with Gasteiger partial charge in [-0.2, -0.15) is 0 Å². The first kappa shape index (κ1) is 14.2. The minimum absolute atomic E-state index is 0.188. The zero-order chi connectivity index (χ0) is 14.5. The molecule has 0 spiro atoms. The maximum absolute atomic E-state index is 13.1. The van der Waals surface area contributed by atoms with Gasteiger partial charge in [-0.1, -0.05) is 36.4 Å². The lowest BCUT2D eigenvalue weighted by Crippen LogP contribution is -2.32. The minimum atomic E-state index is -0.417. The van der Waals surface area contributed by atoms with Crippen LogP contribution in [0.4, 0.5) is 10.1 Å². The van der Waals surface area contributed by atoms with E-state index in [4.69, 9.17) is 0 Å². The van der Waals surface area contributed by atoms with Gasteiger partial charge in [0.1, 0.15) is 11.9 Å². The molecule has 1 N–H and O–H groups in total. The molecule has 2 aromatic rings. The summed E-state index contributed by atoms with van der Waals surface area (Å²) in [4.78, 5) is 14.2. The summed E-state index contributed by atoms with van der Waals surface area (Å²) < 4.78 is 13.1. The first-order valence-corrected chi connectivity index (χ1v) is 6.36. The molecule has 1 amide bonds. The molecular weight excluding hydrogens is 255 g/mol. The van der Waals surface area contributed by atoms with E-state index in [0.717, 1.165) is 5.56 Å². The Kier molecular flexibility index (Phi) is 4.48. The Balaban J connectivity index is 2.20. The fraction of sp³-hybridized carbons (Fsp3) is 0.188. The van der Waals surface area contributed by atoms with Crippen molar-refractivity contribution in [2.24, 2.45) is 0 Å². The van der Waals surface area contributed by atoms with Crippen molar-refractivity contribution in [2.45, 2.75) is 6.04 Å². The van der Waals surface area contributed by atoms with Crippen LogP contribution in [0.1, 0.15) is 11.6 Å². The summed E-state index contributed by atoms with van der Waals surface area (Å²) in [6, 6.07) is 14.9. The molecular formula is C16H17FN2O. The number of rotatable bonds is 4. The summed E-state index contributed by atoms with van der Waals surface area (Å²) in [5.74, 6) is -0.560. The Hall–Kier alpha value is -2.20. The Morgan fingerprint density at radius 1 is 1.10 bits per heavy atom. The van der Waals surface area contributed by atoms with Crippen LogP contribution in [-0.2, 0) is 4.79 Å². The van der Waals surface area contributed by atoms with Gasteiger partial charge < -0.3 is 5.32 Å². The van der Waals surface area contributed by atoms with E-state index < -0.39 is 6.04 Å². The lowest BCUT2D eigenvalue weighted by atomic mass is 10.1. The van der Waals surface area contributed by atoms with Crippen LogP contribution in [0, 0.1) is 5.82 Å². The zero-order valence-corrected chi connectivity index (χ0v) is 11.5. The van der Waals surface area contributed by atoms with Crippen LogP contribution in [-0.4, -0.2) is 24.9 Å². The SMILES string of the molecule is CN(C)C(C(=O)Nc1cccc(F)c1)c1ccccc1. The van der Waals surface area contributed by atoms with E-state index in [1.165, 1.54) is 12.1 Å². The van der Waals surface area contributed by atoms with Gasteiger partial charge in [0.2, 0.25) is 5.91 Å². The van der Waals surface area contributed by atoms with E-state index in [2.05, 4.69) is 5.32 Å². The van der Waals surface area contributed by atoms with Crippen molar-refractivity contribution in [1.82, 2.24) is 4.90 Å². The number of nitrogens with one attached hydrogen (secondary N) is 1. The molecule has 2 aromatic carbocycles. The molecule has 4 heteroatoms. The highest BCUT2D eigenvalue weighted by atomic mass is 19.1. The Morgan fingerprint density at radius 2 is 1.80 bits per heavy atom. The van der Waals surface area contributed by atoms with Gasteiger partial charge in [-0.3, -0.25) is 9.69 Å². The van der Waals surface area contributed by atoms with Crippen molar-refractivity contribution in [3.05, 3.63) is 66.0 Å². The van der Waals surface area contributed by atoms with E-state index in [9.17, 15) is 9.18 Å². The number of benzene rings is 2. The van der Waals surface area contributed by atoms with Crippen LogP contribution in [0.25, 0.3) is 0 Å². The fourth-order valence-corrected chi connectivity index (χ4v) is 2.10. The summed E-state index contributed by atoms with van der Waals surface area (Å²) in [7, 11) is 3.67. The van der Waals surface area contributed by atoms with Crippen molar-refractivity contribution in [3.8, 4) is 0 Å². The Bertz CT molecular complexity index is 584. The average Bonchev–Trinajstić information content (AvgIpc) is 2.39. The van der Waals surface area contributed by atoms with Crippen molar-refractivity contribution in [3.63, 3.8) is 0 Å². The maximum Gasteiger partial charge on any atom is 0.246 e. The first-order valence-electron chi connectivity index (χ1n) is 6.36. The van der Waals surface area contributed by atoms with Crippen molar-refractivity contribution >= 4 is 11.6 Å². The zero-order valence-electron chi connectivity index (χ0n) is 11.5. The second kappa shape index (κ2) is 6.30. The van der Waals surface area contributed by atoms with Crippen LogP contribution in [0.15, 0.2) is 54.6 Å². The van der Waals surface area contributed by atoms with Crippen molar-refractivity contribution in [1.29, 1.82) is 0 Å². The van der Waals surface area contributed by atoms with E-state index in [0.29, 0.717) is 5.69 Å². The summed E-state index contributed by atoms with van der Waals surface area (Å²) in [5, 5.41) is 2.74. The number of likely N-dealkylation sites (N-methyl/N-ethyl adjacent to an activating group) is 1. The van der Waals surface area contributed by atoms with Gasteiger partial charge in [0.25, 0.3) is 0 Å². The van der Waals surface area contributed by atoms with E-state index in [-0.39, 0.29) is 11.7 Å². The largest absolute Gasteiger partial charge is 0.324 e. The molecule has 0 bridgehead atoms. The predicted octanol–water partition coefficient (Wildman–Crippen LogP) is 3.07. The van der Waals surface area contributed by atoms with E-state index in [1.54, 1.807) is 12.1 Å². The molecule has 0 aromatic heterocycles. The lowest BCUT2D eigenvalue weighted by Gasteiger charge is -2.23. The highest BCUT2D eigenvalue weighted by Gasteiger charge is 2.22.